The van der Waals surface area contributed by atoms with Gasteiger partial charge in [0.2, 0.25) is 0 Å². The molecule has 0 bridgehead atoms. The van der Waals surface area contributed by atoms with Crippen molar-refractivity contribution in [2.45, 2.75) is 39.7 Å². The van der Waals surface area contributed by atoms with Crippen LogP contribution >= 0.6 is 0 Å². The summed E-state index contributed by atoms with van der Waals surface area (Å²) in [5.41, 5.74) is 6.95. The molecule has 0 aliphatic heterocycles. The van der Waals surface area contributed by atoms with Gasteiger partial charge in [-0.05, 0) is 24.6 Å². The van der Waals surface area contributed by atoms with Crippen LogP contribution in [0.3, 0.4) is 0 Å². The second-order valence-electron chi connectivity index (χ2n) is 4.56. The fourth-order valence-corrected chi connectivity index (χ4v) is 1.94. The van der Waals surface area contributed by atoms with Crippen LogP contribution in [-0.4, -0.2) is 14.8 Å². The van der Waals surface area contributed by atoms with Gasteiger partial charge in [0.15, 0.2) is 5.82 Å². The largest absolute Gasteiger partial charge is 0.324 e. The third kappa shape index (κ3) is 2.66. The molecule has 1 aromatic carbocycles. The molecule has 1 atom stereocenters. The highest BCUT2D eigenvalue weighted by atomic mass is 19.1. The van der Waals surface area contributed by atoms with Crippen molar-refractivity contribution >= 4 is 0 Å². The van der Waals surface area contributed by atoms with Crippen LogP contribution in [0.25, 0.3) is 5.69 Å². The second kappa shape index (κ2) is 5.48. The first kappa shape index (κ1) is 13.7. The summed E-state index contributed by atoms with van der Waals surface area (Å²) in [6, 6.07) is 4.82. The summed E-state index contributed by atoms with van der Waals surface area (Å²) < 4.78 is 15.8. The normalized spacial score (nSPS) is 12.7. The van der Waals surface area contributed by atoms with Crippen LogP contribution in [0, 0.1) is 5.82 Å². The molecule has 0 fully saturated rings. The molecule has 2 N–H and O–H groups in total. The highest BCUT2D eigenvalue weighted by Gasteiger charge is 2.14. The van der Waals surface area contributed by atoms with Gasteiger partial charge < -0.3 is 5.73 Å². The lowest BCUT2D eigenvalue weighted by atomic mass is 10.1. The van der Waals surface area contributed by atoms with Crippen molar-refractivity contribution in [3.8, 4) is 5.69 Å². The minimum absolute atomic E-state index is 0.184. The van der Waals surface area contributed by atoms with E-state index >= 15 is 0 Å². The average molecular weight is 262 g/mol. The Morgan fingerprint density at radius 2 is 2.05 bits per heavy atom. The molecule has 4 nitrogen and oxygen atoms in total. The maximum Gasteiger partial charge on any atom is 0.151 e. The molecule has 102 valence electrons. The highest BCUT2D eigenvalue weighted by Crippen LogP contribution is 2.19. The Morgan fingerprint density at radius 3 is 2.58 bits per heavy atom. The molecule has 1 heterocycles. The monoisotopic (exact) mass is 262 g/mol. The molecule has 2 rings (SSSR count). The summed E-state index contributed by atoms with van der Waals surface area (Å²) in [5.74, 6) is 1.17. The minimum Gasteiger partial charge on any atom is -0.324 e. The van der Waals surface area contributed by atoms with E-state index in [2.05, 4.69) is 10.1 Å². The van der Waals surface area contributed by atoms with Crippen molar-refractivity contribution in [2.75, 3.05) is 0 Å². The third-order valence-electron chi connectivity index (χ3n) is 3.08. The fourth-order valence-electron chi connectivity index (χ4n) is 1.94. The Morgan fingerprint density at radius 1 is 1.32 bits per heavy atom. The molecule has 5 heteroatoms. The van der Waals surface area contributed by atoms with Crippen LogP contribution in [0.2, 0.25) is 0 Å². The molecule has 19 heavy (non-hydrogen) atoms. The number of aryl methyl sites for hydroxylation is 2. The summed E-state index contributed by atoms with van der Waals surface area (Å²) in [4.78, 5) is 4.38. The zero-order valence-electron chi connectivity index (χ0n) is 11.5. The van der Waals surface area contributed by atoms with E-state index in [0.717, 1.165) is 23.6 Å². The molecule has 0 saturated carbocycles. The number of hydrogen-bond acceptors (Lipinski definition) is 3. The molecular weight excluding hydrogens is 243 g/mol. The predicted molar refractivity (Wildman–Crippen MR) is 72.7 cm³/mol. The van der Waals surface area contributed by atoms with Crippen LogP contribution in [0.15, 0.2) is 18.2 Å². The van der Waals surface area contributed by atoms with Gasteiger partial charge in [-0.2, -0.15) is 5.10 Å². The van der Waals surface area contributed by atoms with Crippen molar-refractivity contribution < 1.29 is 4.39 Å². The molecule has 0 spiro atoms. The first-order valence-electron chi connectivity index (χ1n) is 6.57. The summed E-state index contributed by atoms with van der Waals surface area (Å²) >= 11 is 0. The molecule has 0 radical (unpaired) electrons. The molecular formula is C14H19FN4. The van der Waals surface area contributed by atoms with Crippen LogP contribution < -0.4 is 5.73 Å². The van der Waals surface area contributed by atoms with E-state index in [0.29, 0.717) is 12.1 Å². The zero-order valence-corrected chi connectivity index (χ0v) is 11.5. The molecule has 0 aliphatic rings. The molecule has 2 aromatic rings. The molecule has 0 unspecified atom stereocenters. The lowest BCUT2D eigenvalue weighted by Gasteiger charge is -2.10. The van der Waals surface area contributed by atoms with E-state index < -0.39 is 0 Å². The van der Waals surface area contributed by atoms with Gasteiger partial charge >= 0.3 is 0 Å². The Labute approximate surface area is 112 Å². The van der Waals surface area contributed by atoms with Crippen molar-refractivity contribution in [2.24, 2.45) is 5.73 Å². The minimum atomic E-state index is -0.322. The second-order valence-corrected chi connectivity index (χ2v) is 4.56. The number of halogens is 1. The lowest BCUT2D eigenvalue weighted by Crippen LogP contribution is -2.08. The van der Waals surface area contributed by atoms with E-state index in [4.69, 9.17) is 5.73 Å². The summed E-state index contributed by atoms with van der Waals surface area (Å²) in [7, 11) is 0. The number of benzene rings is 1. The van der Waals surface area contributed by atoms with Gasteiger partial charge in [0, 0.05) is 18.9 Å². The van der Waals surface area contributed by atoms with Gasteiger partial charge in [-0.1, -0.05) is 19.9 Å². The topological polar surface area (TPSA) is 56.7 Å². The van der Waals surface area contributed by atoms with E-state index in [1.807, 2.05) is 26.8 Å². The zero-order chi connectivity index (χ0) is 14.0. The molecule has 0 amide bonds. The number of nitrogens with two attached hydrogens (primary N) is 1. The van der Waals surface area contributed by atoms with Gasteiger partial charge in [-0.25, -0.2) is 14.1 Å². The van der Waals surface area contributed by atoms with E-state index in [-0.39, 0.29) is 11.9 Å². The van der Waals surface area contributed by atoms with E-state index in [1.54, 1.807) is 10.7 Å². The number of nitrogens with zero attached hydrogens (tertiary/aromatic N) is 3. The number of rotatable bonds is 4. The van der Waals surface area contributed by atoms with Crippen LogP contribution in [0.4, 0.5) is 4.39 Å². The van der Waals surface area contributed by atoms with Gasteiger partial charge in [0.1, 0.15) is 17.3 Å². The Kier molecular flexibility index (Phi) is 3.95. The van der Waals surface area contributed by atoms with Crippen LogP contribution in [0.5, 0.6) is 0 Å². The SMILES string of the molecule is CCc1nc(CC)n(-c2ccc([C@H](C)N)cc2F)n1. The van der Waals surface area contributed by atoms with E-state index in [9.17, 15) is 4.39 Å². The molecule has 0 saturated heterocycles. The van der Waals surface area contributed by atoms with Crippen molar-refractivity contribution in [3.63, 3.8) is 0 Å². The smallest absolute Gasteiger partial charge is 0.151 e. The van der Waals surface area contributed by atoms with Gasteiger partial charge in [-0.3, -0.25) is 0 Å². The maximum absolute atomic E-state index is 14.2. The molecule has 0 aliphatic carbocycles. The average Bonchev–Trinajstić information content (AvgIpc) is 2.81. The van der Waals surface area contributed by atoms with Gasteiger partial charge in [0.05, 0.1) is 0 Å². The van der Waals surface area contributed by atoms with Crippen LogP contribution in [0.1, 0.15) is 44.0 Å². The molecule has 1 aromatic heterocycles. The highest BCUT2D eigenvalue weighted by molar-refractivity contribution is 5.37. The number of hydrogen-bond donors (Lipinski definition) is 1. The lowest BCUT2D eigenvalue weighted by molar-refractivity contribution is 0.600. The summed E-state index contributed by atoms with van der Waals surface area (Å²) in [5, 5.41) is 4.34. The van der Waals surface area contributed by atoms with E-state index in [1.165, 1.54) is 6.07 Å². The Balaban J connectivity index is 2.49. The standard InChI is InChI=1S/C14H19FN4/c1-4-13-17-14(5-2)19(18-13)12-7-6-10(9(3)16)8-11(12)15/h6-9H,4-5,16H2,1-3H3/t9-/m0/s1. The quantitative estimate of drug-likeness (QED) is 0.921. The first-order valence-corrected chi connectivity index (χ1v) is 6.57. The Bertz CT molecular complexity index is 575. The Hall–Kier alpha value is -1.75. The fraction of sp³-hybridized carbons (Fsp3) is 0.429. The van der Waals surface area contributed by atoms with Crippen LogP contribution in [-0.2, 0) is 12.8 Å². The third-order valence-corrected chi connectivity index (χ3v) is 3.08. The van der Waals surface area contributed by atoms with Crippen molar-refractivity contribution in [3.05, 3.63) is 41.2 Å². The van der Waals surface area contributed by atoms with Crippen molar-refractivity contribution in [1.29, 1.82) is 0 Å². The summed E-state index contributed by atoms with van der Waals surface area (Å²) in [6.07, 6.45) is 1.45. The number of aromatic nitrogens is 3. The summed E-state index contributed by atoms with van der Waals surface area (Å²) in [6.45, 7) is 5.79. The first-order chi connectivity index (χ1) is 9.06. The van der Waals surface area contributed by atoms with Gasteiger partial charge in [0.25, 0.3) is 0 Å². The van der Waals surface area contributed by atoms with Crippen molar-refractivity contribution in [1.82, 2.24) is 14.8 Å². The predicted octanol–water partition coefficient (Wildman–Crippen LogP) is 2.55. The van der Waals surface area contributed by atoms with Gasteiger partial charge in [-0.15, -0.1) is 0 Å². The maximum atomic E-state index is 14.2.